The zero-order chi connectivity index (χ0) is 41.0. The molecule has 1 unspecified atom stereocenters. The Morgan fingerprint density at radius 3 is 2.44 bits per heavy atom. The van der Waals surface area contributed by atoms with Crippen LogP contribution in [-0.4, -0.2) is 126 Å². The molecule has 5 amide bonds. The average molecular weight is 811 g/mol. The third-order valence-electron chi connectivity index (χ3n) is 10.7. The second-order valence-corrected chi connectivity index (χ2v) is 18.3. The van der Waals surface area contributed by atoms with Crippen molar-refractivity contribution < 1.29 is 56.1 Å². The first-order valence-electron chi connectivity index (χ1n) is 18.8. The Morgan fingerprint density at radius 1 is 1.07 bits per heavy atom. The van der Waals surface area contributed by atoms with E-state index in [0.29, 0.717) is 36.0 Å². The SMILES string of the molecule is C=C1CC(NC(=O)[C@@H]2CC(Oc3nccc4cc(OC)ccc34)CN2C(=O)[C@H](CC(=O)N2C[C@@H]3C[C@H]2C(=O)O3)NC(=O)OC(C)(C)C)(C(=O)NS(=O)(=O)C2CC2)C1. The highest BCUT2D eigenvalue weighted by Crippen LogP contribution is 2.39. The molecule has 2 aromatic rings. The first kappa shape index (κ1) is 39.8. The van der Waals surface area contributed by atoms with Gasteiger partial charge in [-0.05, 0) is 63.3 Å². The van der Waals surface area contributed by atoms with Gasteiger partial charge in [-0.1, -0.05) is 12.2 Å². The number of nitrogens with zero attached hydrogens (tertiary/aromatic N) is 3. The molecule has 18 nitrogen and oxygen atoms in total. The molecule has 3 saturated heterocycles. The van der Waals surface area contributed by atoms with E-state index < -0.39 is 98.9 Å². The van der Waals surface area contributed by atoms with Crippen molar-refractivity contribution in [1.82, 2.24) is 30.1 Å². The Bertz CT molecular complexity index is 2140. The fraction of sp³-hybridized carbons (Fsp3) is 0.553. The van der Waals surface area contributed by atoms with Crippen LogP contribution in [0.2, 0.25) is 0 Å². The molecule has 3 N–H and O–H groups in total. The van der Waals surface area contributed by atoms with Gasteiger partial charge < -0.3 is 39.4 Å². The highest BCUT2D eigenvalue weighted by atomic mass is 32.2. The van der Waals surface area contributed by atoms with Gasteiger partial charge in [-0.15, -0.1) is 0 Å². The highest BCUT2D eigenvalue weighted by Gasteiger charge is 2.54. The molecular formula is C38H46N6O12S. The number of rotatable bonds is 12. The normalized spacial score (nSPS) is 24.3. The summed E-state index contributed by atoms with van der Waals surface area (Å²) in [6, 6.07) is 3.33. The summed E-state index contributed by atoms with van der Waals surface area (Å²) in [4.78, 5) is 88.7. The van der Waals surface area contributed by atoms with E-state index in [4.69, 9.17) is 18.9 Å². The van der Waals surface area contributed by atoms with Gasteiger partial charge in [0, 0.05) is 37.3 Å². The Labute approximate surface area is 329 Å². The van der Waals surface area contributed by atoms with Crippen LogP contribution in [0.15, 0.2) is 42.6 Å². The fourth-order valence-electron chi connectivity index (χ4n) is 7.76. The zero-order valence-electron chi connectivity index (χ0n) is 32.1. The number of benzene rings is 1. The van der Waals surface area contributed by atoms with Gasteiger partial charge in [0.15, 0.2) is 0 Å². The minimum atomic E-state index is -3.97. The highest BCUT2D eigenvalue weighted by molar-refractivity contribution is 7.91. The molecule has 0 radical (unpaired) electrons. The first-order valence-corrected chi connectivity index (χ1v) is 20.3. The second kappa shape index (κ2) is 14.8. The standard InChI is InChI=1S/C38H46N6O12S/c1-20-16-38(17-20,35(49)42-57(51,52)25-7-8-25)41-31(46)28-13-23(54-32-26-9-6-22(53-5)12-21(26)10-11-39-32)19-44(28)33(47)27(40-36(50)56-37(2,3)4)15-30(45)43-18-24-14-29(43)34(48)55-24/h6,9-12,23-25,27-29H,1,7-8,13-19H2,2-5H3,(H,40,50)(H,41,46)(H,42,49)/t23?,24-,27-,28-,29-/m0/s1. The molecule has 4 heterocycles. The second-order valence-electron chi connectivity index (χ2n) is 16.3. The summed E-state index contributed by atoms with van der Waals surface area (Å²) in [5, 5.41) is 5.90. The summed E-state index contributed by atoms with van der Waals surface area (Å²) in [5.41, 5.74) is -2.03. The number of esters is 1. The minimum absolute atomic E-state index is 0.0352. The van der Waals surface area contributed by atoms with Gasteiger partial charge in [-0.2, -0.15) is 0 Å². The Kier molecular flexibility index (Phi) is 10.3. The number of fused-ring (bicyclic) bond motifs is 3. The van der Waals surface area contributed by atoms with Crippen molar-refractivity contribution in [1.29, 1.82) is 0 Å². The number of methoxy groups -OCH3 is 1. The fourth-order valence-corrected chi connectivity index (χ4v) is 9.14. The molecule has 2 bridgehead atoms. The van der Waals surface area contributed by atoms with E-state index in [2.05, 4.69) is 26.9 Å². The lowest BCUT2D eigenvalue weighted by Gasteiger charge is -2.43. The molecule has 5 fully saturated rings. The van der Waals surface area contributed by atoms with Crippen LogP contribution in [0.3, 0.4) is 0 Å². The number of hydrogen-bond acceptors (Lipinski definition) is 13. The van der Waals surface area contributed by atoms with Crippen LogP contribution in [-0.2, 0) is 43.5 Å². The van der Waals surface area contributed by atoms with Crippen LogP contribution in [0.1, 0.15) is 65.7 Å². The summed E-state index contributed by atoms with van der Waals surface area (Å²) in [6.45, 7) is 8.67. The number of alkyl carbamates (subject to hydrolysis) is 1. The van der Waals surface area contributed by atoms with E-state index in [-0.39, 0.29) is 38.2 Å². The number of nitrogens with one attached hydrogen (secondary N) is 3. The van der Waals surface area contributed by atoms with Gasteiger partial charge in [0.25, 0.3) is 5.91 Å². The largest absolute Gasteiger partial charge is 0.497 e. The maximum absolute atomic E-state index is 14.7. The predicted molar refractivity (Wildman–Crippen MR) is 200 cm³/mol. The molecule has 0 spiro atoms. The monoisotopic (exact) mass is 810 g/mol. The predicted octanol–water partition coefficient (Wildman–Crippen LogP) is 1.21. The molecule has 306 valence electrons. The first-order chi connectivity index (χ1) is 26.8. The average Bonchev–Trinajstić information content (AvgIpc) is 3.65. The van der Waals surface area contributed by atoms with Crippen molar-refractivity contribution in [3.8, 4) is 11.6 Å². The van der Waals surface area contributed by atoms with E-state index >= 15 is 0 Å². The van der Waals surface area contributed by atoms with Crippen LogP contribution in [0.5, 0.6) is 11.6 Å². The van der Waals surface area contributed by atoms with Crippen molar-refractivity contribution in [2.24, 2.45) is 0 Å². The molecule has 57 heavy (non-hydrogen) atoms. The van der Waals surface area contributed by atoms with E-state index in [0.717, 1.165) is 10.3 Å². The molecule has 19 heteroatoms. The van der Waals surface area contributed by atoms with Gasteiger partial charge in [0.1, 0.15) is 47.2 Å². The number of ether oxygens (including phenoxy) is 4. The van der Waals surface area contributed by atoms with Crippen molar-refractivity contribution in [3.63, 3.8) is 0 Å². The summed E-state index contributed by atoms with van der Waals surface area (Å²) in [7, 11) is -2.43. The number of sulfonamides is 1. The van der Waals surface area contributed by atoms with Gasteiger partial charge in [0.05, 0.1) is 31.9 Å². The molecule has 5 aliphatic rings. The molecular weight excluding hydrogens is 765 g/mol. The number of carbonyl (C=O) groups excluding carboxylic acids is 6. The lowest BCUT2D eigenvalue weighted by atomic mass is 9.72. The van der Waals surface area contributed by atoms with Gasteiger partial charge >= 0.3 is 12.1 Å². The van der Waals surface area contributed by atoms with E-state index in [1.54, 1.807) is 45.0 Å². The summed E-state index contributed by atoms with van der Waals surface area (Å²) >= 11 is 0. The van der Waals surface area contributed by atoms with Crippen LogP contribution >= 0.6 is 0 Å². The lowest BCUT2D eigenvalue weighted by molar-refractivity contribution is -0.157. The summed E-state index contributed by atoms with van der Waals surface area (Å²) in [5.74, 6) is -2.89. The number of amides is 5. The molecule has 1 aromatic carbocycles. The molecule has 2 aliphatic carbocycles. The van der Waals surface area contributed by atoms with Gasteiger partial charge in [-0.25, -0.2) is 23.0 Å². The Balaban J connectivity index is 1.18. The minimum Gasteiger partial charge on any atom is -0.497 e. The van der Waals surface area contributed by atoms with Gasteiger partial charge in [0.2, 0.25) is 33.6 Å². The maximum atomic E-state index is 14.7. The summed E-state index contributed by atoms with van der Waals surface area (Å²) < 4.78 is 49.9. The Morgan fingerprint density at radius 2 is 1.81 bits per heavy atom. The number of carbonyl (C=O) groups is 6. The molecule has 2 saturated carbocycles. The zero-order valence-corrected chi connectivity index (χ0v) is 32.9. The van der Waals surface area contributed by atoms with Crippen molar-refractivity contribution in [3.05, 3.63) is 42.6 Å². The third-order valence-corrected chi connectivity index (χ3v) is 12.5. The maximum Gasteiger partial charge on any atom is 0.408 e. The van der Waals surface area contributed by atoms with E-state index in [1.165, 1.54) is 18.2 Å². The van der Waals surface area contributed by atoms with Crippen molar-refractivity contribution in [2.75, 3.05) is 20.2 Å². The Hall–Kier alpha value is -5.46. The van der Waals surface area contributed by atoms with Crippen LogP contribution in [0.25, 0.3) is 10.8 Å². The molecule has 7 rings (SSSR count). The molecule has 1 aromatic heterocycles. The van der Waals surface area contributed by atoms with Crippen LogP contribution in [0, 0.1) is 0 Å². The summed E-state index contributed by atoms with van der Waals surface area (Å²) in [6.07, 6.45) is -0.414. The van der Waals surface area contributed by atoms with Crippen LogP contribution in [0.4, 0.5) is 4.79 Å². The van der Waals surface area contributed by atoms with Crippen LogP contribution < -0.4 is 24.8 Å². The van der Waals surface area contributed by atoms with Crippen molar-refractivity contribution >= 4 is 56.5 Å². The molecule has 5 atom stereocenters. The number of pyridine rings is 1. The topological polar surface area (TPSA) is 229 Å². The van der Waals surface area contributed by atoms with E-state index in [1.807, 2.05) is 0 Å². The number of aromatic nitrogens is 1. The third kappa shape index (κ3) is 8.33. The lowest BCUT2D eigenvalue weighted by Crippen LogP contribution is -2.66. The van der Waals surface area contributed by atoms with E-state index in [9.17, 15) is 37.2 Å². The van der Waals surface area contributed by atoms with Crippen molar-refractivity contribution in [2.45, 2.75) is 112 Å². The quantitative estimate of drug-likeness (QED) is 0.203. The number of morpholine rings is 1. The number of hydrogen-bond donors (Lipinski definition) is 3. The van der Waals surface area contributed by atoms with Gasteiger partial charge in [-0.3, -0.25) is 23.9 Å². The molecule has 3 aliphatic heterocycles. The smallest absolute Gasteiger partial charge is 0.408 e. The number of likely N-dealkylation sites (tertiary alicyclic amines) is 2.